The molecule has 1 N–H and O–H groups in total. The minimum absolute atomic E-state index is 0.0522. The molecule has 2 aromatic rings. The van der Waals surface area contributed by atoms with Crippen molar-refractivity contribution in [1.82, 2.24) is 9.97 Å². The highest BCUT2D eigenvalue weighted by molar-refractivity contribution is 7.98. The van der Waals surface area contributed by atoms with E-state index in [0.717, 1.165) is 23.4 Å². The molecule has 1 aromatic carbocycles. The Kier molecular flexibility index (Phi) is 3.73. The van der Waals surface area contributed by atoms with Crippen molar-refractivity contribution in [1.29, 1.82) is 0 Å². The van der Waals surface area contributed by atoms with E-state index in [0.29, 0.717) is 11.6 Å². The lowest BCUT2D eigenvalue weighted by molar-refractivity contribution is 0.280. The number of aryl methyl sites for hydroxylation is 1. The van der Waals surface area contributed by atoms with Crippen LogP contribution in [0, 0.1) is 5.82 Å². The third-order valence-corrected chi connectivity index (χ3v) is 4.07. The molecule has 2 heterocycles. The molecule has 0 aliphatic carbocycles. The maximum atomic E-state index is 13.4. The van der Waals surface area contributed by atoms with E-state index in [2.05, 4.69) is 9.97 Å². The molecule has 20 heavy (non-hydrogen) atoms. The second kappa shape index (κ2) is 5.66. The van der Waals surface area contributed by atoms with E-state index in [1.165, 1.54) is 6.07 Å². The van der Waals surface area contributed by atoms with E-state index >= 15 is 0 Å². The minimum Gasteiger partial charge on any atom is -0.483 e. The molecule has 6 heteroatoms. The molecule has 1 aliphatic rings. The average molecular weight is 292 g/mol. The van der Waals surface area contributed by atoms with Crippen LogP contribution in [0.4, 0.5) is 4.39 Å². The van der Waals surface area contributed by atoms with Gasteiger partial charge in [-0.25, -0.2) is 9.37 Å². The van der Waals surface area contributed by atoms with Crippen molar-refractivity contribution in [3.63, 3.8) is 0 Å². The summed E-state index contributed by atoms with van der Waals surface area (Å²) in [6.07, 6.45) is 0.788. The lowest BCUT2D eigenvalue weighted by Crippen LogP contribution is -2.23. The second-order valence-corrected chi connectivity index (χ2v) is 5.56. The van der Waals surface area contributed by atoms with Gasteiger partial charge in [-0.3, -0.25) is 4.79 Å². The van der Waals surface area contributed by atoms with E-state index < -0.39 is 5.82 Å². The number of hydrogen-bond acceptors (Lipinski definition) is 4. The zero-order chi connectivity index (χ0) is 13.9. The van der Waals surface area contributed by atoms with Crippen molar-refractivity contribution in [3.8, 4) is 5.75 Å². The zero-order valence-corrected chi connectivity index (χ0v) is 11.5. The number of halogens is 1. The van der Waals surface area contributed by atoms with Crippen LogP contribution in [-0.4, -0.2) is 15.7 Å². The molecule has 0 bridgehead atoms. The Morgan fingerprint density at radius 2 is 2.25 bits per heavy atom. The maximum Gasteiger partial charge on any atom is 0.255 e. The number of hydrogen-bond donors (Lipinski definition) is 1. The number of benzene rings is 1. The van der Waals surface area contributed by atoms with Crippen molar-refractivity contribution >= 4 is 11.8 Å². The number of fused-ring (bicyclic) bond motifs is 1. The van der Waals surface area contributed by atoms with Crippen molar-refractivity contribution in [2.75, 3.05) is 5.75 Å². The number of para-hydroxylation sites is 1. The van der Waals surface area contributed by atoms with Crippen LogP contribution in [0.15, 0.2) is 29.1 Å². The lowest BCUT2D eigenvalue weighted by atomic mass is 10.2. The van der Waals surface area contributed by atoms with Gasteiger partial charge in [0.15, 0.2) is 11.6 Å². The molecule has 0 saturated heterocycles. The fourth-order valence-electron chi connectivity index (χ4n) is 2.07. The first-order chi connectivity index (χ1) is 9.74. The Hall–Kier alpha value is -1.82. The normalized spacial score (nSPS) is 13.8. The minimum atomic E-state index is -0.427. The fourth-order valence-corrected chi connectivity index (χ4v) is 3.05. The molecule has 1 aliphatic heterocycles. The van der Waals surface area contributed by atoms with Crippen LogP contribution in [-0.2, 0) is 18.8 Å². The Morgan fingerprint density at radius 1 is 1.40 bits per heavy atom. The molecule has 4 nitrogen and oxygen atoms in total. The number of thioether (sulfide) groups is 1. The quantitative estimate of drug-likeness (QED) is 0.943. The summed E-state index contributed by atoms with van der Waals surface area (Å²) >= 11 is 1.73. The molecule has 104 valence electrons. The van der Waals surface area contributed by atoms with Gasteiger partial charge in [0.1, 0.15) is 12.4 Å². The van der Waals surface area contributed by atoms with Gasteiger partial charge in [0.25, 0.3) is 5.56 Å². The monoisotopic (exact) mass is 292 g/mol. The van der Waals surface area contributed by atoms with E-state index in [1.807, 2.05) is 0 Å². The standard InChI is InChI=1S/C14H13FN2O2S/c15-10-3-1-2-4-12(10)19-7-13-16-11-5-6-20-8-9(11)14(18)17-13/h1-4H,5-8H2,(H,16,17,18). The van der Waals surface area contributed by atoms with Gasteiger partial charge < -0.3 is 9.72 Å². The molecule has 0 spiro atoms. The van der Waals surface area contributed by atoms with Crippen molar-refractivity contribution in [2.24, 2.45) is 0 Å². The van der Waals surface area contributed by atoms with Crippen LogP contribution in [0.1, 0.15) is 17.1 Å². The number of nitrogens with zero attached hydrogens (tertiary/aromatic N) is 1. The first-order valence-corrected chi connectivity index (χ1v) is 7.45. The molecule has 3 rings (SSSR count). The zero-order valence-electron chi connectivity index (χ0n) is 10.7. The number of aromatic nitrogens is 2. The Balaban J connectivity index is 1.80. The molecular formula is C14H13FN2O2S. The number of aromatic amines is 1. The van der Waals surface area contributed by atoms with Gasteiger partial charge in [-0.05, 0) is 24.3 Å². The number of ether oxygens (including phenoxy) is 1. The first kappa shape index (κ1) is 13.2. The summed E-state index contributed by atoms with van der Waals surface area (Å²) in [5, 5.41) is 0. The molecule has 0 atom stereocenters. The molecule has 0 amide bonds. The van der Waals surface area contributed by atoms with E-state index in [1.54, 1.807) is 30.0 Å². The van der Waals surface area contributed by atoms with Gasteiger partial charge in [-0.2, -0.15) is 11.8 Å². The van der Waals surface area contributed by atoms with Crippen molar-refractivity contribution in [2.45, 2.75) is 18.8 Å². The summed E-state index contributed by atoms with van der Waals surface area (Å²) < 4.78 is 18.8. The van der Waals surface area contributed by atoms with E-state index in [4.69, 9.17) is 4.74 Å². The van der Waals surface area contributed by atoms with Crippen molar-refractivity contribution in [3.05, 3.63) is 57.5 Å². The van der Waals surface area contributed by atoms with E-state index in [-0.39, 0.29) is 17.9 Å². The molecule has 0 unspecified atom stereocenters. The van der Waals surface area contributed by atoms with Gasteiger partial charge in [0.2, 0.25) is 0 Å². The second-order valence-electron chi connectivity index (χ2n) is 4.46. The fraction of sp³-hybridized carbons (Fsp3) is 0.286. The smallest absolute Gasteiger partial charge is 0.255 e. The summed E-state index contributed by atoms with van der Waals surface area (Å²) in [4.78, 5) is 19.0. The third-order valence-electron chi connectivity index (χ3n) is 3.08. The predicted octanol–water partition coefficient (Wildman–Crippen LogP) is 2.28. The number of nitrogens with one attached hydrogen (secondary N) is 1. The Bertz CT molecular complexity index is 687. The number of rotatable bonds is 3. The summed E-state index contributed by atoms with van der Waals surface area (Å²) in [5.74, 6) is 1.83. The molecule has 0 fully saturated rings. The van der Waals surface area contributed by atoms with Gasteiger partial charge in [0.05, 0.1) is 5.69 Å². The van der Waals surface area contributed by atoms with Gasteiger partial charge >= 0.3 is 0 Å². The SMILES string of the molecule is O=c1[nH]c(COc2ccccc2F)nc2c1CSCC2. The molecule has 0 saturated carbocycles. The van der Waals surface area contributed by atoms with Crippen molar-refractivity contribution < 1.29 is 9.13 Å². The summed E-state index contributed by atoms with van der Waals surface area (Å²) in [5.41, 5.74) is 1.46. The first-order valence-electron chi connectivity index (χ1n) is 6.30. The van der Waals surface area contributed by atoms with Gasteiger partial charge in [-0.15, -0.1) is 0 Å². The molecule has 0 radical (unpaired) electrons. The topological polar surface area (TPSA) is 55.0 Å². The lowest BCUT2D eigenvalue weighted by Gasteiger charge is -2.14. The summed E-state index contributed by atoms with van der Waals surface area (Å²) in [7, 11) is 0. The Labute approximate surface area is 119 Å². The highest BCUT2D eigenvalue weighted by Gasteiger charge is 2.16. The predicted molar refractivity (Wildman–Crippen MR) is 75.5 cm³/mol. The maximum absolute atomic E-state index is 13.4. The van der Waals surface area contributed by atoms with Crippen LogP contribution < -0.4 is 10.3 Å². The van der Waals surface area contributed by atoms with Crippen LogP contribution in [0.5, 0.6) is 5.75 Å². The molecule has 1 aromatic heterocycles. The Morgan fingerprint density at radius 3 is 3.10 bits per heavy atom. The highest BCUT2D eigenvalue weighted by atomic mass is 32.2. The van der Waals surface area contributed by atoms with Crippen LogP contribution in [0.2, 0.25) is 0 Å². The molecular weight excluding hydrogens is 279 g/mol. The van der Waals surface area contributed by atoms with Crippen LogP contribution in [0.3, 0.4) is 0 Å². The highest BCUT2D eigenvalue weighted by Crippen LogP contribution is 2.20. The average Bonchev–Trinajstić information content (AvgIpc) is 2.46. The third kappa shape index (κ3) is 2.70. The van der Waals surface area contributed by atoms with E-state index in [9.17, 15) is 9.18 Å². The van der Waals surface area contributed by atoms with Gasteiger partial charge in [0, 0.05) is 11.3 Å². The largest absolute Gasteiger partial charge is 0.483 e. The van der Waals surface area contributed by atoms with Gasteiger partial charge in [-0.1, -0.05) is 12.1 Å². The summed E-state index contributed by atoms with van der Waals surface area (Å²) in [6, 6.07) is 6.16. The number of H-pyrrole nitrogens is 1. The van der Waals surface area contributed by atoms with Crippen LogP contribution >= 0.6 is 11.8 Å². The van der Waals surface area contributed by atoms with Crippen LogP contribution in [0.25, 0.3) is 0 Å². The summed E-state index contributed by atoms with van der Waals surface area (Å²) in [6.45, 7) is 0.0522.